The predicted molar refractivity (Wildman–Crippen MR) is 46.7 cm³/mol. The largest absolute Gasteiger partial charge is 0.380 e. The minimum atomic E-state index is 0.478. The second kappa shape index (κ2) is 4.07. The fourth-order valence-electron chi connectivity index (χ4n) is 1.78. The van der Waals surface area contributed by atoms with Gasteiger partial charge >= 0.3 is 0 Å². The summed E-state index contributed by atoms with van der Waals surface area (Å²) in [6.45, 7) is 6.79. The smallest absolute Gasteiger partial charge is 0.0698 e. The Hall–Kier alpha value is -0.0800. The van der Waals surface area contributed by atoms with Gasteiger partial charge in [0, 0.05) is 19.7 Å². The van der Waals surface area contributed by atoms with Crippen molar-refractivity contribution >= 4 is 0 Å². The summed E-state index contributed by atoms with van der Waals surface area (Å²) >= 11 is 0. The zero-order valence-electron chi connectivity index (χ0n) is 7.84. The van der Waals surface area contributed by atoms with Gasteiger partial charge in [-0.1, -0.05) is 6.92 Å². The van der Waals surface area contributed by atoms with Crippen molar-refractivity contribution in [2.45, 2.75) is 38.8 Å². The molecule has 0 bridgehead atoms. The topological polar surface area (TPSA) is 12.5 Å². The molecule has 66 valence electrons. The molecule has 0 aromatic rings. The number of likely N-dealkylation sites (N-methyl/N-ethyl adjacent to an activating group) is 1. The highest BCUT2D eigenvalue weighted by Gasteiger charge is 2.23. The number of likely N-dealkylation sites (tertiary alicyclic amines) is 1. The lowest BCUT2D eigenvalue weighted by molar-refractivity contribution is 0.0122. The molecule has 0 saturated carbocycles. The fraction of sp³-hybridized carbons (Fsp3) is 1.00. The van der Waals surface area contributed by atoms with Crippen LogP contribution in [0.15, 0.2) is 0 Å². The molecule has 0 amide bonds. The van der Waals surface area contributed by atoms with Gasteiger partial charge in [-0.25, -0.2) is 0 Å². The van der Waals surface area contributed by atoms with E-state index in [1.54, 1.807) is 0 Å². The average molecular weight is 157 g/mol. The molecule has 11 heavy (non-hydrogen) atoms. The first-order chi connectivity index (χ1) is 5.27. The first-order valence-electron chi connectivity index (χ1n) is 4.54. The molecule has 1 aliphatic heterocycles. The highest BCUT2D eigenvalue weighted by molar-refractivity contribution is 4.77. The van der Waals surface area contributed by atoms with Crippen molar-refractivity contribution in [1.29, 1.82) is 0 Å². The van der Waals surface area contributed by atoms with Crippen molar-refractivity contribution in [2.75, 3.05) is 20.2 Å². The highest BCUT2D eigenvalue weighted by Crippen LogP contribution is 2.17. The Bertz CT molecular complexity index is 116. The van der Waals surface area contributed by atoms with Crippen molar-refractivity contribution < 1.29 is 4.74 Å². The first kappa shape index (κ1) is 9.01. The van der Waals surface area contributed by atoms with Crippen LogP contribution in [0.1, 0.15) is 26.7 Å². The summed E-state index contributed by atoms with van der Waals surface area (Å²) in [6.07, 6.45) is 2.99. The molecule has 0 unspecified atom stereocenters. The Morgan fingerprint density at radius 2 is 2.18 bits per heavy atom. The molecule has 0 radical (unpaired) electrons. The van der Waals surface area contributed by atoms with Gasteiger partial charge in [0.15, 0.2) is 0 Å². The number of rotatable bonds is 2. The molecule has 1 rings (SSSR count). The molecule has 1 saturated heterocycles. The average Bonchev–Trinajstić information content (AvgIpc) is 2.05. The van der Waals surface area contributed by atoms with Crippen molar-refractivity contribution in [1.82, 2.24) is 4.90 Å². The molecule has 0 aromatic carbocycles. The molecule has 0 spiro atoms. The first-order valence-corrected chi connectivity index (χ1v) is 4.54. The summed E-state index contributed by atoms with van der Waals surface area (Å²) in [6, 6.07) is 0.756. The lowest BCUT2D eigenvalue weighted by Gasteiger charge is -2.36. The zero-order valence-corrected chi connectivity index (χ0v) is 7.84. The fourth-order valence-corrected chi connectivity index (χ4v) is 1.78. The Morgan fingerprint density at radius 1 is 1.45 bits per heavy atom. The molecule has 1 aliphatic rings. The van der Waals surface area contributed by atoms with Crippen LogP contribution < -0.4 is 0 Å². The maximum absolute atomic E-state index is 5.33. The number of ether oxygens (including phenoxy) is 1. The van der Waals surface area contributed by atoms with Gasteiger partial charge in [-0.3, -0.25) is 4.90 Å². The van der Waals surface area contributed by atoms with Gasteiger partial charge in [0.25, 0.3) is 0 Å². The molecule has 2 atom stereocenters. The van der Waals surface area contributed by atoms with Crippen molar-refractivity contribution in [3.05, 3.63) is 0 Å². The summed E-state index contributed by atoms with van der Waals surface area (Å²) in [5, 5.41) is 0. The van der Waals surface area contributed by atoms with Gasteiger partial charge in [0.2, 0.25) is 0 Å². The minimum absolute atomic E-state index is 0.478. The van der Waals surface area contributed by atoms with E-state index in [1.807, 2.05) is 7.11 Å². The van der Waals surface area contributed by atoms with E-state index in [9.17, 15) is 0 Å². The van der Waals surface area contributed by atoms with Crippen molar-refractivity contribution in [3.63, 3.8) is 0 Å². The number of hydrogen-bond donors (Lipinski definition) is 0. The second-order valence-electron chi connectivity index (χ2n) is 3.37. The molecular weight excluding hydrogens is 138 g/mol. The summed E-state index contributed by atoms with van der Waals surface area (Å²) in [5.41, 5.74) is 0. The van der Waals surface area contributed by atoms with Crippen LogP contribution in [-0.2, 0) is 4.74 Å². The lowest BCUT2D eigenvalue weighted by atomic mass is 10.0. The Balaban J connectivity index is 2.37. The van der Waals surface area contributed by atoms with Crippen molar-refractivity contribution in [3.8, 4) is 0 Å². The third kappa shape index (κ3) is 2.17. The van der Waals surface area contributed by atoms with Crippen LogP contribution >= 0.6 is 0 Å². The molecule has 2 heteroatoms. The van der Waals surface area contributed by atoms with Gasteiger partial charge in [-0.15, -0.1) is 0 Å². The zero-order chi connectivity index (χ0) is 8.27. The molecule has 0 aliphatic carbocycles. The summed E-state index contributed by atoms with van der Waals surface area (Å²) < 4.78 is 5.33. The summed E-state index contributed by atoms with van der Waals surface area (Å²) in [7, 11) is 1.81. The number of piperidine rings is 1. The van der Waals surface area contributed by atoms with Gasteiger partial charge in [-0.05, 0) is 26.3 Å². The Morgan fingerprint density at radius 3 is 2.73 bits per heavy atom. The predicted octanol–water partition coefficient (Wildman–Crippen LogP) is 1.51. The number of hydrogen-bond acceptors (Lipinski definition) is 2. The van der Waals surface area contributed by atoms with Crippen LogP contribution in [0.3, 0.4) is 0 Å². The number of nitrogens with zero attached hydrogens (tertiary/aromatic N) is 1. The minimum Gasteiger partial charge on any atom is -0.380 e. The third-order valence-corrected chi connectivity index (χ3v) is 2.71. The monoisotopic (exact) mass is 157 g/mol. The lowest BCUT2D eigenvalue weighted by Crippen LogP contribution is -2.44. The van der Waals surface area contributed by atoms with Gasteiger partial charge in [-0.2, -0.15) is 0 Å². The molecule has 2 nitrogen and oxygen atoms in total. The van der Waals surface area contributed by atoms with Crippen LogP contribution in [0.5, 0.6) is 0 Å². The van der Waals surface area contributed by atoms with E-state index in [1.165, 1.54) is 12.8 Å². The Kier molecular flexibility index (Phi) is 3.34. The Labute approximate surface area is 69.5 Å². The van der Waals surface area contributed by atoms with Crippen LogP contribution in [0.25, 0.3) is 0 Å². The molecule has 1 heterocycles. The molecule has 0 aromatic heterocycles. The van der Waals surface area contributed by atoms with E-state index in [-0.39, 0.29) is 0 Å². The second-order valence-corrected chi connectivity index (χ2v) is 3.37. The van der Waals surface area contributed by atoms with Gasteiger partial charge < -0.3 is 4.74 Å². The molecule has 0 N–H and O–H groups in total. The van der Waals surface area contributed by atoms with E-state index < -0.39 is 0 Å². The van der Waals surface area contributed by atoms with Crippen molar-refractivity contribution in [2.24, 2.45) is 0 Å². The molecular formula is C9H19NO. The van der Waals surface area contributed by atoms with E-state index in [0.29, 0.717) is 6.10 Å². The van der Waals surface area contributed by atoms with Crippen LogP contribution in [0.2, 0.25) is 0 Å². The van der Waals surface area contributed by atoms with Gasteiger partial charge in [0.1, 0.15) is 0 Å². The standard InChI is InChI=1S/C9H19NO/c1-4-10-7-9(11-3)6-5-8(10)2/h8-9H,4-7H2,1-3H3/t8-,9-/m1/s1. The van der Waals surface area contributed by atoms with Crippen LogP contribution in [0.4, 0.5) is 0 Å². The number of methoxy groups -OCH3 is 1. The SMILES string of the molecule is CCN1C[C@H](OC)CC[C@H]1C. The van der Waals surface area contributed by atoms with E-state index in [4.69, 9.17) is 4.74 Å². The van der Waals surface area contributed by atoms with Crippen LogP contribution in [0, 0.1) is 0 Å². The highest BCUT2D eigenvalue weighted by atomic mass is 16.5. The van der Waals surface area contributed by atoms with E-state index in [0.717, 1.165) is 19.1 Å². The molecule has 1 fully saturated rings. The summed E-state index contributed by atoms with van der Waals surface area (Å²) in [4.78, 5) is 2.48. The van der Waals surface area contributed by atoms with E-state index in [2.05, 4.69) is 18.7 Å². The van der Waals surface area contributed by atoms with E-state index >= 15 is 0 Å². The third-order valence-electron chi connectivity index (χ3n) is 2.71. The maximum Gasteiger partial charge on any atom is 0.0698 e. The summed E-state index contributed by atoms with van der Waals surface area (Å²) in [5.74, 6) is 0. The quantitative estimate of drug-likeness (QED) is 0.602. The normalized spacial score (nSPS) is 34.1. The van der Waals surface area contributed by atoms with Crippen LogP contribution in [-0.4, -0.2) is 37.2 Å². The maximum atomic E-state index is 5.33. The van der Waals surface area contributed by atoms with Gasteiger partial charge in [0.05, 0.1) is 6.10 Å².